The molecule has 2 aromatic heterocycles. The second kappa shape index (κ2) is 4.54. The van der Waals surface area contributed by atoms with Crippen molar-refractivity contribution >= 4 is 29.2 Å². The molecule has 0 atom stereocenters. The Hall–Kier alpha value is -1.21. The lowest BCUT2D eigenvalue weighted by molar-refractivity contribution is 1.00. The quantitative estimate of drug-likeness (QED) is 0.824. The van der Waals surface area contributed by atoms with Crippen LogP contribution in [0.15, 0.2) is 21.9 Å². The lowest BCUT2D eigenvalue weighted by atomic mass is 10.4. The van der Waals surface area contributed by atoms with Crippen LogP contribution in [0, 0.1) is 6.92 Å². The lowest BCUT2D eigenvalue weighted by Gasteiger charge is -2.03. The average molecular weight is 239 g/mol. The van der Waals surface area contributed by atoms with Gasteiger partial charge in [0.1, 0.15) is 11.4 Å². The van der Waals surface area contributed by atoms with Crippen molar-refractivity contribution in [2.75, 3.05) is 12.4 Å². The van der Waals surface area contributed by atoms with E-state index in [4.69, 9.17) is 0 Å². The van der Waals surface area contributed by atoms with E-state index in [2.05, 4.69) is 24.6 Å². The van der Waals surface area contributed by atoms with Gasteiger partial charge in [0.2, 0.25) is 5.95 Å². The summed E-state index contributed by atoms with van der Waals surface area (Å²) < 4.78 is 4.83. The smallest absolute Gasteiger partial charge is 0.223 e. The van der Waals surface area contributed by atoms with Crippen LogP contribution < -0.4 is 5.32 Å². The van der Waals surface area contributed by atoms with E-state index in [1.54, 1.807) is 19.6 Å². The van der Waals surface area contributed by atoms with E-state index in [-0.39, 0.29) is 0 Å². The molecule has 0 amide bonds. The molecule has 2 aromatic rings. The van der Waals surface area contributed by atoms with Crippen LogP contribution >= 0.6 is 23.3 Å². The molecule has 2 rings (SSSR count). The van der Waals surface area contributed by atoms with E-state index in [1.807, 2.05) is 6.92 Å². The minimum Gasteiger partial charge on any atom is -0.357 e. The molecule has 0 radical (unpaired) electrons. The first-order valence-electron chi connectivity index (χ1n) is 4.25. The van der Waals surface area contributed by atoms with E-state index >= 15 is 0 Å². The van der Waals surface area contributed by atoms with Gasteiger partial charge in [0.15, 0.2) is 4.34 Å². The molecule has 0 aliphatic carbocycles. The fourth-order valence-electron chi connectivity index (χ4n) is 0.941. The van der Waals surface area contributed by atoms with Crippen molar-refractivity contribution in [3.05, 3.63) is 18.1 Å². The Morgan fingerprint density at radius 3 is 2.93 bits per heavy atom. The van der Waals surface area contributed by atoms with Gasteiger partial charge >= 0.3 is 0 Å². The number of nitrogens with one attached hydrogen (secondary N) is 1. The minimum absolute atomic E-state index is 0.618. The molecule has 0 bridgehead atoms. The van der Waals surface area contributed by atoms with Crippen LogP contribution in [0.25, 0.3) is 0 Å². The van der Waals surface area contributed by atoms with Gasteiger partial charge in [-0.05, 0) is 30.2 Å². The summed E-state index contributed by atoms with van der Waals surface area (Å²) in [7, 11) is 1.80. The normalized spacial score (nSPS) is 10.3. The second-order valence-corrected chi connectivity index (χ2v) is 4.76. The number of hydrogen-bond donors (Lipinski definition) is 1. The molecular formula is C8H9N5S2. The fourth-order valence-corrected chi connectivity index (χ4v) is 2.35. The van der Waals surface area contributed by atoms with Crippen LogP contribution in [0.4, 0.5) is 5.95 Å². The Bertz CT molecular complexity index is 442. The standard InChI is InChI=1S/C8H9N5S2/c1-5-3-10-7(9-2)13-6(5)14-8-11-4-12-15-8/h3-4H,1-2H3,(H,9,10,13). The van der Waals surface area contributed by atoms with Crippen LogP contribution in [0.1, 0.15) is 5.56 Å². The van der Waals surface area contributed by atoms with Crippen LogP contribution in [0.3, 0.4) is 0 Å². The van der Waals surface area contributed by atoms with Crippen molar-refractivity contribution in [3.8, 4) is 0 Å². The number of rotatable bonds is 3. The zero-order chi connectivity index (χ0) is 10.7. The molecule has 0 aliphatic rings. The Kier molecular flexibility index (Phi) is 3.12. The SMILES string of the molecule is CNc1ncc(C)c(Sc2ncns2)n1. The van der Waals surface area contributed by atoms with Gasteiger partial charge < -0.3 is 5.32 Å². The Labute approximate surface area is 95.6 Å². The number of aromatic nitrogens is 4. The van der Waals surface area contributed by atoms with Crippen LogP contribution in [-0.4, -0.2) is 26.4 Å². The molecule has 78 valence electrons. The summed E-state index contributed by atoms with van der Waals surface area (Å²) in [5.74, 6) is 0.618. The molecule has 15 heavy (non-hydrogen) atoms. The monoisotopic (exact) mass is 239 g/mol. The van der Waals surface area contributed by atoms with Crippen LogP contribution in [0.2, 0.25) is 0 Å². The molecular weight excluding hydrogens is 230 g/mol. The molecule has 0 unspecified atom stereocenters. The number of nitrogens with zero attached hydrogens (tertiary/aromatic N) is 4. The van der Waals surface area contributed by atoms with Crippen molar-refractivity contribution in [1.82, 2.24) is 19.3 Å². The first kappa shape index (κ1) is 10.3. The van der Waals surface area contributed by atoms with Crippen molar-refractivity contribution in [1.29, 1.82) is 0 Å². The summed E-state index contributed by atoms with van der Waals surface area (Å²) in [6, 6.07) is 0. The molecule has 2 heterocycles. The summed E-state index contributed by atoms with van der Waals surface area (Å²) in [6.45, 7) is 1.98. The zero-order valence-corrected chi connectivity index (χ0v) is 9.89. The first-order chi connectivity index (χ1) is 7.29. The summed E-state index contributed by atoms with van der Waals surface area (Å²) in [5.41, 5.74) is 1.04. The maximum atomic E-state index is 4.35. The molecule has 5 nitrogen and oxygen atoms in total. The molecule has 0 aliphatic heterocycles. The molecule has 0 aromatic carbocycles. The van der Waals surface area contributed by atoms with E-state index in [0.29, 0.717) is 5.95 Å². The molecule has 0 saturated heterocycles. The number of hydrogen-bond acceptors (Lipinski definition) is 7. The highest BCUT2D eigenvalue weighted by Crippen LogP contribution is 2.29. The van der Waals surface area contributed by atoms with Gasteiger partial charge in [0, 0.05) is 18.8 Å². The molecule has 0 fully saturated rings. The predicted octanol–water partition coefficient (Wildman–Crippen LogP) is 1.83. The maximum Gasteiger partial charge on any atom is 0.223 e. The number of aryl methyl sites for hydroxylation is 1. The third-order valence-corrected chi connectivity index (χ3v) is 3.50. The molecule has 7 heteroatoms. The summed E-state index contributed by atoms with van der Waals surface area (Å²) in [5, 5.41) is 3.81. The van der Waals surface area contributed by atoms with Crippen molar-refractivity contribution in [2.24, 2.45) is 0 Å². The first-order valence-corrected chi connectivity index (χ1v) is 5.84. The van der Waals surface area contributed by atoms with Crippen molar-refractivity contribution in [2.45, 2.75) is 16.3 Å². The van der Waals surface area contributed by atoms with Gasteiger partial charge in [-0.15, -0.1) is 0 Å². The maximum absolute atomic E-state index is 4.35. The number of anilines is 1. The second-order valence-electron chi connectivity index (χ2n) is 2.74. The van der Waals surface area contributed by atoms with Crippen LogP contribution in [0.5, 0.6) is 0 Å². The summed E-state index contributed by atoms with van der Waals surface area (Å²) in [4.78, 5) is 12.6. The van der Waals surface area contributed by atoms with Gasteiger partial charge in [-0.1, -0.05) is 0 Å². The van der Waals surface area contributed by atoms with Gasteiger partial charge in [-0.25, -0.2) is 15.0 Å². The van der Waals surface area contributed by atoms with Crippen molar-refractivity contribution < 1.29 is 0 Å². The van der Waals surface area contributed by atoms with Gasteiger partial charge in [0.05, 0.1) is 0 Å². The highest BCUT2D eigenvalue weighted by Gasteiger charge is 2.07. The summed E-state index contributed by atoms with van der Waals surface area (Å²) in [6.07, 6.45) is 3.34. The Balaban J connectivity index is 2.27. The van der Waals surface area contributed by atoms with E-state index in [9.17, 15) is 0 Å². The molecule has 0 saturated carbocycles. The Morgan fingerprint density at radius 2 is 2.27 bits per heavy atom. The third kappa shape index (κ3) is 2.42. The largest absolute Gasteiger partial charge is 0.357 e. The van der Waals surface area contributed by atoms with Gasteiger partial charge in [-0.3, -0.25) is 0 Å². The van der Waals surface area contributed by atoms with Gasteiger partial charge in [0.25, 0.3) is 0 Å². The highest BCUT2D eigenvalue weighted by atomic mass is 32.2. The zero-order valence-electron chi connectivity index (χ0n) is 8.26. The average Bonchev–Trinajstić information content (AvgIpc) is 2.74. The van der Waals surface area contributed by atoms with Crippen molar-refractivity contribution in [3.63, 3.8) is 0 Å². The highest BCUT2D eigenvalue weighted by molar-refractivity contribution is 8.00. The molecule has 1 N–H and O–H groups in total. The van der Waals surface area contributed by atoms with E-state index < -0.39 is 0 Å². The minimum atomic E-state index is 0.618. The van der Waals surface area contributed by atoms with Crippen LogP contribution in [-0.2, 0) is 0 Å². The summed E-state index contributed by atoms with van der Waals surface area (Å²) >= 11 is 2.87. The Morgan fingerprint density at radius 1 is 1.40 bits per heavy atom. The fraction of sp³-hybridized carbons (Fsp3) is 0.250. The molecule has 0 spiro atoms. The van der Waals surface area contributed by atoms with Gasteiger partial charge in [-0.2, -0.15) is 4.37 Å². The predicted molar refractivity (Wildman–Crippen MR) is 60.3 cm³/mol. The third-order valence-electron chi connectivity index (χ3n) is 1.67. The van der Waals surface area contributed by atoms with E-state index in [1.165, 1.54) is 23.3 Å². The van der Waals surface area contributed by atoms with E-state index in [0.717, 1.165) is 14.9 Å². The lowest BCUT2D eigenvalue weighted by Crippen LogP contribution is -1.98. The topological polar surface area (TPSA) is 63.6 Å².